The second kappa shape index (κ2) is 8.41. The first-order valence-corrected chi connectivity index (χ1v) is 11.1. The summed E-state index contributed by atoms with van der Waals surface area (Å²) < 4.78 is 46.2. The van der Waals surface area contributed by atoms with Crippen LogP contribution in [-0.2, 0) is 13.6 Å². The molecule has 0 fully saturated rings. The minimum atomic E-state index is -4.39. The molecule has 0 radical (unpaired) electrons. The smallest absolute Gasteiger partial charge is 0.408 e. The molecule has 2 aromatic heterocycles. The Balaban J connectivity index is 1.67. The van der Waals surface area contributed by atoms with Crippen molar-refractivity contribution in [3.63, 3.8) is 0 Å². The fourth-order valence-electron chi connectivity index (χ4n) is 4.71. The maximum Gasteiger partial charge on any atom is 0.408 e. The first-order valence-electron chi connectivity index (χ1n) is 11.1. The molecule has 3 heterocycles. The molecule has 0 spiro atoms. The van der Waals surface area contributed by atoms with Crippen LogP contribution < -0.4 is 10.1 Å². The molecule has 0 saturated heterocycles. The van der Waals surface area contributed by atoms with E-state index in [2.05, 4.69) is 21.6 Å². The zero-order valence-electron chi connectivity index (χ0n) is 19.6. The molecule has 0 aliphatic carbocycles. The average Bonchev–Trinajstić information content (AvgIpc) is 3.42. The normalized spacial score (nSPS) is 15.5. The van der Waals surface area contributed by atoms with Gasteiger partial charge in [-0.2, -0.15) is 28.6 Å². The van der Waals surface area contributed by atoms with Gasteiger partial charge in [-0.25, -0.2) is 0 Å². The third kappa shape index (κ3) is 3.94. The number of ether oxygens (including phenoxy) is 1. The maximum atomic E-state index is 12.7. The molecule has 36 heavy (non-hydrogen) atoms. The van der Waals surface area contributed by atoms with E-state index in [0.29, 0.717) is 51.1 Å². The number of rotatable bonds is 4. The van der Waals surface area contributed by atoms with Crippen LogP contribution in [-0.4, -0.2) is 45.3 Å². The van der Waals surface area contributed by atoms with Gasteiger partial charge in [-0.05, 0) is 41.3 Å². The van der Waals surface area contributed by atoms with Crippen molar-refractivity contribution in [2.75, 3.05) is 13.7 Å². The van der Waals surface area contributed by atoms with Gasteiger partial charge in [0.15, 0.2) is 0 Å². The third-order valence-electron chi connectivity index (χ3n) is 6.32. The topological polar surface area (TPSA) is 97.8 Å². The number of halogens is 3. The highest BCUT2D eigenvalue weighted by atomic mass is 19.4. The number of fused-ring (bicyclic) bond motifs is 2. The van der Waals surface area contributed by atoms with E-state index in [1.165, 1.54) is 19.5 Å². The van der Waals surface area contributed by atoms with Crippen LogP contribution in [0.1, 0.15) is 34.3 Å². The lowest BCUT2D eigenvalue weighted by molar-refractivity contribution is -0.142. The van der Waals surface area contributed by atoms with Crippen LogP contribution in [0, 0.1) is 11.3 Å². The standard InChI is InChI=1S/C25H21F3N6O2/c1-13-9-30-24(35)22-18(13)5-15(7-20(22)36-3)23-21-16(8-29)4-14(6-19(21)32-33(23)2)17-10-31-34(11-17)12-25(26,27)28/h4-7,10-11,13H,9,12H2,1-3H3,(H,30,35)/t13-/m0/s1. The van der Waals surface area contributed by atoms with Crippen molar-refractivity contribution in [3.8, 4) is 34.2 Å². The van der Waals surface area contributed by atoms with Gasteiger partial charge in [0.2, 0.25) is 0 Å². The van der Waals surface area contributed by atoms with E-state index in [0.717, 1.165) is 15.8 Å². The Bertz CT molecular complexity index is 1560. The van der Waals surface area contributed by atoms with Crippen LogP contribution in [0.2, 0.25) is 0 Å². The third-order valence-corrected chi connectivity index (χ3v) is 6.32. The molecule has 184 valence electrons. The number of alkyl halides is 3. The number of nitriles is 1. The summed E-state index contributed by atoms with van der Waals surface area (Å²) in [4.78, 5) is 12.5. The summed E-state index contributed by atoms with van der Waals surface area (Å²) in [6.07, 6.45) is -1.77. The van der Waals surface area contributed by atoms with Crippen LogP contribution in [0.4, 0.5) is 13.2 Å². The van der Waals surface area contributed by atoms with Gasteiger partial charge in [0.25, 0.3) is 5.91 Å². The van der Waals surface area contributed by atoms with Gasteiger partial charge in [-0.1, -0.05) is 6.92 Å². The van der Waals surface area contributed by atoms with Gasteiger partial charge < -0.3 is 10.1 Å². The van der Waals surface area contributed by atoms with E-state index in [1.807, 2.05) is 13.0 Å². The monoisotopic (exact) mass is 494 g/mol. The number of methoxy groups -OCH3 is 1. The summed E-state index contributed by atoms with van der Waals surface area (Å²) in [6.45, 7) is 1.30. The van der Waals surface area contributed by atoms with E-state index in [-0.39, 0.29) is 11.8 Å². The lowest BCUT2D eigenvalue weighted by Crippen LogP contribution is -2.34. The van der Waals surface area contributed by atoms with Gasteiger partial charge in [-0.15, -0.1) is 0 Å². The van der Waals surface area contributed by atoms with Crippen LogP contribution in [0.5, 0.6) is 5.75 Å². The van der Waals surface area contributed by atoms with E-state index in [1.54, 1.807) is 29.9 Å². The van der Waals surface area contributed by atoms with E-state index in [9.17, 15) is 23.2 Å². The number of hydrogen-bond acceptors (Lipinski definition) is 5. The summed E-state index contributed by atoms with van der Waals surface area (Å²) in [6, 6.07) is 9.22. The van der Waals surface area contributed by atoms with Crippen molar-refractivity contribution in [1.82, 2.24) is 24.9 Å². The number of carbonyl (C=O) groups is 1. The molecule has 1 amide bonds. The van der Waals surface area contributed by atoms with Gasteiger partial charge in [0.1, 0.15) is 12.3 Å². The molecule has 0 bridgehead atoms. The summed E-state index contributed by atoms with van der Waals surface area (Å²) >= 11 is 0. The van der Waals surface area contributed by atoms with Gasteiger partial charge in [-0.3, -0.25) is 14.2 Å². The molecule has 5 rings (SSSR count). The summed E-state index contributed by atoms with van der Waals surface area (Å²) in [5.41, 5.74) is 4.54. The van der Waals surface area contributed by atoms with Crippen molar-refractivity contribution in [1.29, 1.82) is 5.26 Å². The Labute approximate surface area is 203 Å². The lowest BCUT2D eigenvalue weighted by Gasteiger charge is -2.25. The highest BCUT2D eigenvalue weighted by Gasteiger charge is 2.30. The molecule has 8 nitrogen and oxygen atoms in total. The Morgan fingerprint density at radius 2 is 2.00 bits per heavy atom. The molecule has 2 aromatic carbocycles. The van der Waals surface area contributed by atoms with Crippen LogP contribution in [0.25, 0.3) is 33.3 Å². The largest absolute Gasteiger partial charge is 0.496 e. The molecule has 1 atom stereocenters. The number of amides is 1. The molecule has 4 aromatic rings. The van der Waals surface area contributed by atoms with Crippen molar-refractivity contribution < 1.29 is 22.7 Å². The number of nitrogens with zero attached hydrogens (tertiary/aromatic N) is 5. The van der Waals surface area contributed by atoms with Gasteiger partial charge in [0, 0.05) is 36.3 Å². The van der Waals surface area contributed by atoms with Crippen LogP contribution >= 0.6 is 0 Å². The fraction of sp³-hybridized carbons (Fsp3) is 0.280. The SMILES string of the molecule is COc1cc(-c2c3c(C#N)cc(-c4cnn(CC(F)(F)F)c4)cc3nn2C)cc2c1C(=O)NC[C@@H]2C. The lowest BCUT2D eigenvalue weighted by atomic mass is 9.88. The number of hydrogen-bond donors (Lipinski definition) is 1. The second-order valence-corrected chi connectivity index (χ2v) is 8.80. The van der Waals surface area contributed by atoms with Crippen molar-refractivity contribution in [2.45, 2.75) is 25.6 Å². The number of benzene rings is 2. The first kappa shape index (κ1) is 23.4. The molecular formula is C25H21F3N6O2. The molecule has 1 aliphatic rings. The number of nitrogens with one attached hydrogen (secondary N) is 1. The molecule has 11 heteroatoms. The Hall–Kier alpha value is -4.33. The maximum absolute atomic E-state index is 12.7. The summed E-state index contributed by atoms with van der Waals surface area (Å²) in [5.74, 6) is 0.282. The molecular weight excluding hydrogens is 473 g/mol. The summed E-state index contributed by atoms with van der Waals surface area (Å²) in [7, 11) is 3.25. The Morgan fingerprint density at radius 3 is 2.69 bits per heavy atom. The van der Waals surface area contributed by atoms with E-state index >= 15 is 0 Å². The quantitative estimate of drug-likeness (QED) is 0.454. The first-order chi connectivity index (χ1) is 17.1. The van der Waals surface area contributed by atoms with Crippen molar-refractivity contribution in [2.24, 2.45) is 7.05 Å². The predicted octanol–water partition coefficient (Wildman–Crippen LogP) is 4.39. The average molecular weight is 494 g/mol. The minimum absolute atomic E-state index is 0.0568. The van der Waals surface area contributed by atoms with E-state index < -0.39 is 12.7 Å². The molecule has 1 aliphatic heterocycles. The number of carbonyl (C=O) groups excluding carboxylic acids is 1. The fourth-order valence-corrected chi connectivity index (χ4v) is 4.71. The molecule has 1 N–H and O–H groups in total. The second-order valence-electron chi connectivity index (χ2n) is 8.80. The van der Waals surface area contributed by atoms with Crippen molar-refractivity contribution in [3.05, 3.63) is 53.3 Å². The molecule has 0 saturated carbocycles. The zero-order chi connectivity index (χ0) is 25.8. The number of aryl methyl sites for hydroxylation is 1. The highest BCUT2D eigenvalue weighted by molar-refractivity contribution is 6.03. The number of aromatic nitrogens is 4. The van der Waals surface area contributed by atoms with Crippen LogP contribution in [0.15, 0.2) is 36.7 Å². The van der Waals surface area contributed by atoms with Crippen molar-refractivity contribution >= 4 is 16.8 Å². The minimum Gasteiger partial charge on any atom is -0.496 e. The van der Waals surface area contributed by atoms with Gasteiger partial charge in [0.05, 0.1) is 41.7 Å². The highest BCUT2D eigenvalue weighted by Crippen LogP contribution is 2.40. The zero-order valence-corrected chi connectivity index (χ0v) is 19.6. The Kier molecular flexibility index (Phi) is 5.47. The Morgan fingerprint density at radius 1 is 1.22 bits per heavy atom. The van der Waals surface area contributed by atoms with Crippen LogP contribution in [0.3, 0.4) is 0 Å². The van der Waals surface area contributed by atoms with E-state index in [4.69, 9.17) is 4.74 Å². The van der Waals surface area contributed by atoms with Gasteiger partial charge >= 0.3 is 6.18 Å². The summed E-state index contributed by atoms with van der Waals surface area (Å²) in [5, 5.41) is 21.8. The molecule has 0 unspecified atom stereocenters. The predicted molar refractivity (Wildman–Crippen MR) is 125 cm³/mol.